The molecule has 0 aromatic heterocycles. The van der Waals surface area contributed by atoms with E-state index < -0.39 is 11.0 Å². The van der Waals surface area contributed by atoms with Crippen LogP contribution in [0.1, 0.15) is 27.2 Å². The number of ether oxygens (including phenoxy) is 2. The molecule has 0 spiro atoms. The minimum absolute atomic E-state index is 0.117. The van der Waals surface area contributed by atoms with E-state index in [-0.39, 0.29) is 29.3 Å². The molecule has 10 heteroatoms. The van der Waals surface area contributed by atoms with E-state index in [0.717, 1.165) is 0 Å². The van der Waals surface area contributed by atoms with E-state index in [2.05, 4.69) is 5.32 Å². The molecule has 1 aliphatic rings. The molecule has 0 saturated carbocycles. The summed E-state index contributed by atoms with van der Waals surface area (Å²) in [7, 11) is 1.42. The number of methoxy groups -OCH3 is 1. The van der Waals surface area contributed by atoms with Crippen LogP contribution in [0, 0.1) is 16.0 Å². The van der Waals surface area contributed by atoms with Crippen LogP contribution in [0.3, 0.4) is 0 Å². The third-order valence-electron chi connectivity index (χ3n) is 4.92. The van der Waals surface area contributed by atoms with Gasteiger partial charge in [0.05, 0.1) is 30.7 Å². The van der Waals surface area contributed by atoms with Crippen molar-refractivity contribution >= 4 is 23.4 Å². The van der Waals surface area contributed by atoms with Gasteiger partial charge in [0.15, 0.2) is 0 Å². The highest BCUT2D eigenvalue weighted by molar-refractivity contribution is 5.96. The first-order valence-electron chi connectivity index (χ1n) is 10.0. The molecular weight excluding hydrogens is 392 g/mol. The second-order valence-corrected chi connectivity index (χ2v) is 7.65. The Morgan fingerprint density at radius 1 is 1.20 bits per heavy atom. The van der Waals surface area contributed by atoms with E-state index in [4.69, 9.17) is 9.47 Å². The molecule has 1 aromatic rings. The van der Waals surface area contributed by atoms with Crippen molar-refractivity contribution in [3.8, 4) is 5.75 Å². The first-order valence-corrected chi connectivity index (χ1v) is 10.0. The summed E-state index contributed by atoms with van der Waals surface area (Å²) in [6.07, 6.45) is 0.369. The van der Waals surface area contributed by atoms with E-state index in [1.165, 1.54) is 19.2 Å². The average molecular weight is 422 g/mol. The van der Waals surface area contributed by atoms with Crippen molar-refractivity contribution in [1.82, 2.24) is 9.80 Å². The van der Waals surface area contributed by atoms with Crippen LogP contribution in [0.4, 0.5) is 16.2 Å². The fraction of sp³-hybridized carbons (Fsp3) is 0.600. The van der Waals surface area contributed by atoms with E-state index in [9.17, 15) is 19.7 Å². The smallest absolute Gasteiger partial charge is 0.409 e. The zero-order chi connectivity index (χ0) is 22.3. The molecule has 1 atom stereocenters. The molecule has 2 amide bonds. The third-order valence-corrected chi connectivity index (χ3v) is 4.92. The molecule has 1 heterocycles. The van der Waals surface area contributed by atoms with Gasteiger partial charge in [-0.05, 0) is 31.4 Å². The molecular formula is C20H30N4O6. The number of nitro benzene ring substituents is 1. The van der Waals surface area contributed by atoms with Crippen LogP contribution in [-0.4, -0.2) is 72.7 Å². The largest absolute Gasteiger partial charge is 0.496 e. The summed E-state index contributed by atoms with van der Waals surface area (Å²) in [4.78, 5) is 39.3. The van der Waals surface area contributed by atoms with Crippen LogP contribution < -0.4 is 10.1 Å². The molecule has 30 heavy (non-hydrogen) atoms. The number of amides is 2. The minimum Gasteiger partial charge on any atom is -0.496 e. The maximum atomic E-state index is 12.7. The van der Waals surface area contributed by atoms with Crippen molar-refractivity contribution in [2.24, 2.45) is 5.92 Å². The highest BCUT2D eigenvalue weighted by atomic mass is 16.6. The van der Waals surface area contributed by atoms with Crippen LogP contribution >= 0.6 is 0 Å². The van der Waals surface area contributed by atoms with Crippen molar-refractivity contribution in [1.29, 1.82) is 0 Å². The number of hydrogen-bond acceptors (Lipinski definition) is 7. The van der Waals surface area contributed by atoms with E-state index in [1.807, 2.05) is 18.7 Å². The summed E-state index contributed by atoms with van der Waals surface area (Å²) in [6, 6.07) is 3.77. The number of nitro groups is 1. The molecule has 1 fully saturated rings. The van der Waals surface area contributed by atoms with E-state index >= 15 is 0 Å². The Bertz CT molecular complexity index is 770. The summed E-state index contributed by atoms with van der Waals surface area (Å²) >= 11 is 0. The predicted octanol–water partition coefficient (Wildman–Crippen LogP) is 2.73. The van der Waals surface area contributed by atoms with E-state index in [0.29, 0.717) is 45.0 Å². The maximum absolute atomic E-state index is 12.7. The third kappa shape index (κ3) is 6.31. The number of benzene rings is 1. The first kappa shape index (κ1) is 23.4. The Labute approximate surface area is 176 Å². The summed E-state index contributed by atoms with van der Waals surface area (Å²) in [5.74, 6) is 0.256. The van der Waals surface area contributed by atoms with Gasteiger partial charge in [0.25, 0.3) is 5.69 Å². The van der Waals surface area contributed by atoms with Gasteiger partial charge in [0.1, 0.15) is 11.4 Å². The average Bonchev–Trinajstić information content (AvgIpc) is 2.97. The van der Waals surface area contributed by atoms with Gasteiger partial charge in [-0.15, -0.1) is 0 Å². The van der Waals surface area contributed by atoms with Crippen LogP contribution in [0.15, 0.2) is 18.2 Å². The van der Waals surface area contributed by atoms with Gasteiger partial charge < -0.3 is 19.7 Å². The van der Waals surface area contributed by atoms with Gasteiger partial charge in [-0.2, -0.15) is 0 Å². The lowest BCUT2D eigenvalue weighted by Crippen LogP contribution is -2.44. The highest BCUT2D eigenvalue weighted by Gasteiger charge is 2.27. The lowest BCUT2D eigenvalue weighted by molar-refractivity contribution is -0.384. The molecule has 0 bridgehead atoms. The lowest BCUT2D eigenvalue weighted by atomic mass is 10.2. The normalized spacial score (nSPS) is 16.0. The summed E-state index contributed by atoms with van der Waals surface area (Å²) in [5, 5.41) is 14.0. The minimum atomic E-state index is -0.560. The summed E-state index contributed by atoms with van der Waals surface area (Å²) in [5.41, 5.74) is -0.115. The van der Waals surface area contributed by atoms with Crippen molar-refractivity contribution in [3.05, 3.63) is 28.3 Å². The zero-order valence-corrected chi connectivity index (χ0v) is 17.9. The molecule has 1 N–H and O–H groups in total. The Morgan fingerprint density at radius 2 is 1.93 bits per heavy atom. The van der Waals surface area contributed by atoms with Crippen LogP contribution in [-0.2, 0) is 9.53 Å². The number of anilines is 1. The van der Waals surface area contributed by atoms with Crippen LogP contribution in [0.2, 0.25) is 0 Å². The predicted molar refractivity (Wildman–Crippen MR) is 112 cm³/mol. The molecule has 1 aliphatic heterocycles. The molecule has 0 aliphatic carbocycles. The van der Waals surface area contributed by atoms with Crippen LogP contribution in [0.5, 0.6) is 5.75 Å². The van der Waals surface area contributed by atoms with Gasteiger partial charge in [-0.3, -0.25) is 19.8 Å². The number of nitrogens with one attached hydrogen (secondary N) is 1. The standard InChI is InChI=1S/C20H30N4O6/c1-14(2)13-30-20(26)23-9-5-8-22(10-11-23)15(3)19(25)21-17-7-6-16(29-4)12-18(17)24(27)28/h6-7,12,14-15H,5,8-11,13H2,1-4H3,(H,21,25). The van der Waals surface area contributed by atoms with Crippen LogP contribution in [0.25, 0.3) is 0 Å². The van der Waals surface area contributed by atoms with Gasteiger partial charge in [0.2, 0.25) is 5.91 Å². The maximum Gasteiger partial charge on any atom is 0.409 e. The number of carbonyl (C=O) groups excluding carboxylic acids is 2. The topological polar surface area (TPSA) is 114 Å². The molecule has 10 nitrogen and oxygen atoms in total. The van der Waals surface area contributed by atoms with Gasteiger partial charge in [-0.1, -0.05) is 13.8 Å². The van der Waals surface area contributed by atoms with Gasteiger partial charge >= 0.3 is 6.09 Å². The summed E-state index contributed by atoms with van der Waals surface area (Å²) < 4.78 is 10.3. The van der Waals surface area contributed by atoms with Gasteiger partial charge in [-0.25, -0.2) is 4.79 Å². The zero-order valence-electron chi connectivity index (χ0n) is 17.9. The van der Waals surface area contributed by atoms with Crippen molar-refractivity contribution in [3.63, 3.8) is 0 Å². The Balaban J connectivity index is 1.98. The molecule has 1 unspecified atom stereocenters. The van der Waals surface area contributed by atoms with Crippen molar-refractivity contribution in [2.45, 2.75) is 33.2 Å². The second kappa shape index (κ2) is 10.8. The molecule has 166 valence electrons. The Hall–Kier alpha value is -2.88. The first-order chi connectivity index (χ1) is 14.2. The second-order valence-electron chi connectivity index (χ2n) is 7.65. The Kier molecular flexibility index (Phi) is 8.40. The lowest BCUT2D eigenvalue weighted by Gasteiger charge is -2.26. The van der Waals surface area contributed by atoms with E-state index in [1.54, 1.807) is 17.9 Å². The van der Waals surface area contributed by atoms with Crippen molar-refractivity contribution in [2.75, 3.05) is 45.2 Å². The van der Waals surface area contributed by atoms with Gasteiger partial charge in [0, 0.05) is 26.2 Å². The molecule has 1 saturated heterocycles. The van der Waals surface area contributed by atoms with Crippen molar-refractivity contribution < 1.29 is 24.0 Å². The molecule has 0 radical (unpaired) electrons. The monoisotopic (exact) mass is 422 g/mol. The molecule has 2 rings (SSSR count). The SMILES string of the molecule is COc1ccc(NC(=O)C(C)N2CCCN(C(=O)OCC(C)C)CC2)c([N+](=O)[O-])c1. The quantitative estimate of drug-likeness (QED) is 0.531. The Morgan fingerprint density at radius 3 is 2.57 bits per heavy atom. The highest BCUT2D eigenvalue weighted by Crippen LogP contribution is 2.29. The number of nitrogens with zero attached hydrogens (tertiary/aromatic N) is 3. The number of hydrogen-bond donors (Lipinski definition) is 1. The molecule has 1 aromatic carbocycles. The summed E-state index contributed by atoms with van der Waals surface area (Å²) in [6.45, 7) is 8.23. The fourth-order valence-corrected chi connectivity index (χ4v) is 3.13. The number of rotatable bonds is 7. The number of carbonyl (C=O) groups is 2. The fourth-order valence-electron chi connectivity index (χ4n) is 3.13.